The quantitative estimate of drug-likeness (QED) is 0.762. The molecule has 4 rings (SSSR count). The molecule has 0 N–H and O–H groups in total. The van der Waals surface area contributed by atoms with E-state index in [4.69, 9.17) is 4.74 Å². The van der Waals surface area contributed by atoms with Crippen molar-refractivity contribution in [1.82, 2.24) is 14.7 Å². The number of nitrogens with zero attached hydrogens (tertiary/aromatic N) is 4. The highest BCUT2D eigenvalue weighted by Gasteiger charge is 2.27. The van der Waals surface area contributed by atoms with E-state index in [0.29, 0.717) is 19.2 Å². The van der Waals surface area contributed by atoms with Crippen LogP contribution in [0.3, 0.4) is 0 Å². The van der Waals surface area contributed by atoms with Crippen LogP contribution in [0.25, 0.3) is 0 Å². The number of likely N-dealkylation sites (tertiary alicyclic amines) is 1. The van der Waals surface area contributed by atoms with E-state index in [9.17, 15) is 18.4 Å². The van der Waals surface area contributed by atoms with Crippen LogP contribution >= 0.6 is 0 Å². The summed E-state index contributed by atoms with van der Waals surface area (Å²) >= 11 is 0. The van der Waals surface area contributed by atoms with Crippen molar-refractivity contribution in [2.45, 2.75) is 25.3 Å². The number of rotatable bonds is 5. The largest absolute Gasteiger partial charge is 0.481 e. The first kappa shape index (κ1) is 19.4. The van der Waals surface area contributed by atoms with Gasteiger partial charge in [-0.1, -0.05) is 0 Å². The lowest BCUT2D eigenvalue weighted by Crippen LogP contribution is -2.45. The number of hydrogen-bond donors (Lipinski definition) is 0. The molecule has 0 spiro atoms. The lowest BCUT2D eigenvalue weighted by atomic mass is 10.1. The molecule has 0 unspecified atom stereocenters. The Kier molecular flexibility index (Phi) is 5.46. The third-order valence-electron chi connectivity index (χ3n) is 5.37. The van der Waals surface area contributed by atoms with Crippen LogP contribution in [0.1, 0.15) is 25.3 Å². The minimum absolute atomic E-state index is 0.173. The molecule has 7 nitrogen and oxygen atoms in total. The molecule has 2 aliphatic heterocycles. The molecule has 9 heteroatoms. The van der Waals surface area contributed by atoms with E-state index in [2.05, 4.69) is 10.00 Å². The third kappa shape index (κ3) is 4.23. The van der Waals surface area contributed by atoms with Gasteiger partial charge in [0.05, 0.1) is 17.9 Å². The highest BCUT2D eigenvalue weighted by Crippen LogP contribution is 2.22. The van der Waals surface area contributed by atoms with E-state index >= 15 is 0 Å². The smallest absolute Gasteiger partial charge is 0.269 e. The SMILES string of the molecule is O=C(COc1ccc(F)cc1F)N1CCC[C@H](n2ncc(N3CCC3)cc2=O)C1. The van der Waals surface area contributed by atoms with Gasteiger partial charge in [-0.3, -0.25) is 9.59 Å². The van der Waals surface area contributed by atoms with Crippen LogP contribution in [0.2, 0.25) is 0 Å². The predicted octanol–water partition coefficient (Wildman–Crippen LogP) is 1.97. The Morgan fingerprint density at radius 2 is 2.00 bits per heavy atom. The number of halogens is 2. The minimum atomic E-state index is -0.854. The number of aromatic nitrogens is 2. The number of piperidine rings is 1. The van der Waals surface area contributed by atoms with E-state index in [0.717, 1.165) is 50.2 Å². The zero-order valence-electron chi connectivity index (χ0n) is 15.9. The van der Waals surface area contributed by atoms with E-state index in [-0.39, 0.29) is 29.9 Å². The van der Waals surface area contributed by atoms with Crippen LogP contribution in [-0.4, -0.2) is 53.4 Å². The fraction of sp³-hybridized carbons (Fsp3) is 0.450. The number of ether oxygens (including phenoxy) is 1. The van der Waals surface area contributed by atoms with Crippen LogP contribution in [0.4, 0.5) is 14.5 Å². The molecule has 29 heavy (non-hydrogen) atoms. The molecule has 0 radical (unpaired) electrons. The van der Waals surface area contributed by atoms with Crippen molar-refractivity contribution in [2.75, 3.05) is 37.7 Å². The Hall–Kier alpha value is -2.97. The molecule has 0 saturated carbocycles. The molecule has 1 aromatic carbocycles. The van der Waals surface area contributed by atoms with Crippen molar-refractivity contribution in [1.29, 1.82) is 0 Å². The zero-order valence-corrected chi connectivity index (χ0v) is 15.9. The standard InChI is InChI=1S/C20H22F2N4O3/c21-14-4-5-18(17(22)9-14)29-13-20(28)25-6-1-3-15(12-25)26-19(27)10-16(11-23-26)24-7-2-8-24/h4-5,9-11,15H,1-3,6-8,12-13H2/t15-/m0/s1. The van der Waals surface area contributed by atoms with Gasteiger partial charge in [0.25, 0.3) is 11.5 Å². The van der Waals surface area contributed by atoms with Crippen molar-refractivity contribution in [3.05, 3.63) is 52.5 Å². The summed E-state index contributed by atoms with van der Waals surface area (Å²) in [5.41, 5.74) is 0.647. The molecule has 2 saturated heterocycles. The lowest BCUT2D eigenvalue weighted by molar-refractivity contribution is -0.135. The Balaban J connectivity index is 1.38. The molecule has 1 aromatic heterocycles. The van der Waals surface area contributed by atoms with E-state index in [1.165, 1.54) is 4.68 Å². The first-order chi connectivity index (χ1) is 14.0. The van der Waals surface area contributed by atoms with E-state index in [1.807, 2.05) is 0 Å². The summed E-state index contributed by atoms with van der Waals surface area (Å²) in [4.78, 5) is 28.7. The Labute approximate surface area is 166 Å². The van der Waals surface area contributed by atoms with Gasteiger partial charge in [0.15, 0.2) is 18.2 Å². The summed E-state index contributed by atoms with van der Waals surface area (Å²) in [5.74, 6) is -2.05. The van der Waals surface area contributed by atoms with Crippen molar-refractivity contribution >= 4 is 11.6 Å². The van der Waals surface area contributed by atoms with E-state index in [1.54, 1.807) is 17.2 Å². The van der Waals surface area contributed by atoms with E-state index < -0.39 is 11.6 Å². The summed E-state index contributed by atoms with van der Waals surface area (Å²) < 4.78 is 33.3. The molecule has 2 aromatic rings. The summed E-state index contributed by atoms with van der Waals surface area (Å²) in [6, 6.07) is 4.31. The number of amides is 1. The summed E-state index contributed by atoms with van der Waals surface area (Å²) in [6.07, 6.45) is 4.28. The third-order valence-corrected chi connectivity index (χ3v) is 5.37. The molecule has 2 fully saturated rings. The Morgan fingerprint density at radius 1 is 1.17 bits per heavy atom. The van der Waals surface area contributed by atoms with Crippen molar-refractivity contribution < 1.29 is 18.3 Å². The van der Waals surface area contributed by atoms with Gasteiger partial charge in [0, 0.05) is 38.3 Å². The Bertz CT molecular complexity index is 961. The summed E-state index contributed by atoms with van der Waals surface area (Å²) in [5, 5.41) is 4.32. The van der Waals surface area contributed by atoms with Crippen molar-refractivity contribution in [3.63, 3.8) is 0 Å². The van der Waals surface area contributed by atoms with Crippen LogP contribution in [0.5, 0.6) is 5.75 Å². The van der Waals surface area contributed by atoms with Gasteiger partial charge < -0.3 is 14.5 Å². The number of carbonyl (C=O) groups excluding carboxylic acids is 1. The lowest BCUT2D eigenvalue weighted by Gasteiger charge is -2.34. The first-order valence-electron chi connectivity index (χ1n) is 9.71. The van der Waals surface area contributed by atoms with Gasteiger partial charge in [-0.15, -0.1) is 0 Å². The zero-order chi connectivity index (χ0) is 20.4. The summed E-state index contributed by atoms with van der Waals surface area (Å²) in [6.45, 7) is 2.39. The topological polar surface area (TPSA) is 67.7 Å². The number of benzene rings is 1. The molecule has 154 valence electrons. The summed E-state index contributed by atoms with van der Waals surface area (Å²) in [7, 11) is 0. The number of hydrogen-bond acceptors (Lipinski definition) is 5. The predicted molar refractivity (Wildman–Crippen MR) is 102 cm³/mol. The van der Waals surface area contributed by atoms with Gasteiger partial charge >= 0.3 is 0 Å². The first-order valence-corrected chi connectivity index (χ1v) is 9.71. The maximum absolute atomic E-state index is 13.7. The average Bonchev–Trinajstić information content (AvgIpc) is 2.66. The molecule has 3 heterocycles. The highest BCUT2D eigenvalue weighted by atomic mass is 19.1. The van der Waals surface area contributed by atoms with Crippen LogP contribution in [-0.2, 0) is 4.79 Å². The molecule has 1 atom stereocenters. The van der Waals surface area contributed by atoms with Crippen molar-refractivity contribution in [2.24, 2.45) is 0 Å². The molecule has 0 aliphatic carbocycles. The molecule has 1 amide bonds. The maximum Gasteiger partial charge on any atom is 0.269 e. The highest BCUT2D eigenvalue weighted by molar-refractivity contribution is 5.77. The second-order valence-corrected chi connectivity index (χ2v) is 7.34. The fourth-order valence-electron chi connectivity index (χ4n) is 3.63. The van der Waals surface area contributed by atoms with Gasteiger partial charge in [-0.05, 0) is 31.4 Å². The second kappa shape index (κ2) is 8.18. The molecular formula is C20H22F2N4O3. The fourth-order valence-corrected chi connectivity index (χ4v) is 3.63. The second-order valence-electron chi connectivity index (χ2n) is 7.34. The monoisotopic (exact) mass is 404 g/mol. The normalized spacial score (nSPS) is 19.0. The van der Waals surface area contributed by atoms with Crippen LogP contribution in [0.15, 0.2) is 35.3 Å². The number of carbonyl (C=O) groups is 1. The van der Waals surface area contributed by atoms with Gasteiger partial charge in [-0.2, -0.15) is 5.10 Å². The van der Waals surface area contributed by atoms with Crippen LogP contribution in [0, 0.1) is 11.6 Å². The minimum Gasteiger partial charge on any atom is -0.481 e. The maximum atomic E-state index is 13.7. The Morgan fingerprint density at radius 3 is 2.69 bits per heavy atom. The number of anilines is 1. The van der Waals surface area contributed by atoms with Gasteiger partial charge in [0.1, 0.15) is 5.82 Å². The molecule has 0 bridgehead atoms. The van der Waals surface area contributed by atoms with Gasteiger partial charge in [0.2, 0.25) is 0 Å². The van der Waals surface area contributed by atoms with Crippen molar-refractivity contribution in [3.8, 4) is 5.75 Å². The molecule has 2 aliphatic rings. The average molecular weight is 404 g/mol. The van der Waals surface area contributed by atoms with Crippen LogP contribution < -0.4 is 15.2 Å². The molecular weight excluding hydrogens is 382 g/mol. The van der Waals surface area contributed by atoms with Gasteiger partial charge in [-0.25, -0.2) is 13.5 Å².